The van der Waals surface area contributed by atoms with Crippen LogP contribution in [0.5, 0.6) is 0 Å². The van der Waals surface area contributed by atoms with Gasteiger partial charge in [-0.1, -0.05) is 17.3 Å². The molecule has 0 atom stereocenters. The second-order valence-electron chi connectivity index (χ2n) is 5.21. The molecular weight excluding hydrogens is 393 g/mol. The first-order valence-electron chi connectivity index (χ1n) is 7.19. The fourth-order valence-corrected chi connectivity index (χ4v) is 2.63. The first kappa shape index (κ1) is 16.7. The van der Waals surface area contributed by atoms with E-state index in [1.807, 2.05) is 6.07 Å². The highest BCUT2D eigenvalue weighted by atomic mass is 127. The molecule has 3 rings (SSSR count). The van der Waals surface area contributed by atoms with E-state index in [1.165, 1.54) is 24.0 Å². The molecule has 0 saturated carbocycles. The number of anilines is 1. The zero-order valence-corrected chi connectivity index (χ0v) is 14.8. The predicted octanol–water partition coefficient (Wildman–Crippen LogP) is 2.80. The maximum atomic E-state index is 5.94. The highest BCUT2D eigenvalue weighted by molar-refractivity contribution is 14.0. The van der Waals surface area contributed by atoms with Crippen molar-refractivity contribution >= 4 is 35.6 Å². The number of nitrogens with zero attached hydrogens (tertiary/aromatic N) is 3. The third-order valence-corrected chi connectivity index (χ3v) is 3.61. The highest BCUT2D eigenvalue weighted by Gasteiger charge is 2.13. The minimum atomic E-state index is 0. The Morgan fingerprint density at radius 1 is 1.36 bits per heavy atom. The summed E-state index contributed by atoms with van der Waals surface area (Å²) >= 11 is 0. The molecule has 22 heavy (non-hydrogen) atoms. The van der Waals surface area contributed by atoms with Gasteiger partial charge in [-0.2, -0.15) is 4.98 Å². The van der Waals surface area contributed by atoms with E-state index in [4.69, 9.17) is 10.3 Å². The third-order valence-electron chi connectivity index (χ3n) is 3.61. The molecule has 0 bridgehead atoms. The van der Waals surface area contributed by atoms with E-state index in [1.54, 1.807) is 6.92 Å². The number of benzene rings is 1. The molecule has 0 unspecified atom stereocenters. The van der Waals surface area contributed by atoms with Crippen LogP contribution in [0.15, 0.2) is 27.7 Å². The quantitative estimate of drug-likeness (QED) is 0.459. The van der Waals surface area contributed by atoms with Crippen LogP contribution in [0.25, 0.3) is 0 Å². The Labute approximate surface area is 146 Å². The number of aryl methyl sites for hydroxylation is 2. The first-order chi connectivity index (χ1) is 10.2. The summed E-state index contributed by atoms with van der Waals surface area (Å²) in [5, 5.41) is 6.90. The van der Waals surface area contributed by atoms with E-state index < -0.39 is 0 Å². The monoisotopic (exact) mass is 413 g/mol. The van der Waals surface area contributed by atoms with Crippen LogP contribution < -0.4 is 11.1 Å². The fourth-order valence-electron chi connectivity index (χ4n) is 2.63. The predicted molar refractivity (Wildman–Crippen MR) is 96.5 cm³/mol. The van der Waals surface area contributed by atoms with Gasteiger partial charge in [0, 0.05) is 5.69 Å². The minimum Gasteiger partial charge on any atom is -0.370 e. The second kappa shape index (κ2) is 7.57. The van der Waals surface area contributed by atoms with Crippen molar-refractivity contribution in [3.8, 4) is 0 Å². The van der Waals surface area contributed by atoms with E-state index in [0.29, 0.717) is 17.7 Å². The Morgan fingerprint density at radius 2 is 2.18 bits per heavy atom. The van der Waals surface area contributed by atoms with Crippen molar-refractivity contribution in [3.05, 3.63) is 41.0 Å². The molecule has 0 aliphatic heterocycles. The Morgan fingerprint density at radius 3 is 2.95 bits per heavy atom. The summed E-state index contributed by atoms with van der Waals surface area (Å²) in [6, 6.07) is 6.29. The molecule has 1 aromatic heterocycles. The smallest absolute Gasteiger partial charge is 0.248 e. The van der Waals surface area contributed by atoms with E-state index in [2.05, 4.69) is 32.6 Å². The van der Waals surface area contributed by atoms with Gasteiger partial charge in [0.15, 0.2) is 11.8 Å². The molecule has 1 aromatic carbocycles. The summed E-state index contributed by atoms with van der Waals surface area (Å²) in [7, 11) is 0. The summed E-state index contributed by atoms with van der Waals surface area (Å²) in [6.45, 7) is 2.06. The Hall–Kier alpha value is -1.64. The number of halogens is 1. The summed E-state index contributed by atoms with van der Waals surface area (Å²) in [5.74, 6) is 1.43. The van der Waals surface area contributed by atoms with Crippen LogP contribution in [0.4, 0.5) is 5.69 Å². The zero-order valence-electron chi connectivity index (χ0n) is 12.5. The average Bonchev–Trinajstić information content (AvgIpc) is 2.91. The van der Waals surface area contributed by atoms with Crippen LogP contribution >= 0.6 is 24.0 Å². The summed E-state index contributed by atoms with van der Waals surface area (Å²) < 4.78 is 5.00. The Kier molecular flexibility index (Phi) is 5.76. The van der Waals surface area contributed by atoms with Gasteiger partial charge in [0.25, 0.3) is 0 Å². The van der Waals surface area contributed by atoms with Gasteiger partial charge < -0.3 is 15.6 Å². The van der Waals surface area contributed by atoms with Crippen molar-refractivity contribution in [3.63, 3.8) is 0 Å². The number of aromatic nitrogens is 2. The number of hydrogen-bond donors (Lipinski definition) is 2. The van der Waals surface area contributed by atoms with Crippen LogP contribution in [0.3, 0.4) is 0 Å². The number of nitrogens with one attached hydrogen (secondary N) is 1. The number of fused-ring (bicyclic) bond motifs is 1. The maximum absolute atomic E-state index is 5.94. The lowest BCUT2D eigenvalue weighted by Crippen LogP contribution is -2.24. The molecule has 2 aromatic rings. The molecular formula is C15H20IN5O. The van der Waals surface area contributed by atoms with Crippen molar-refractivity contribution in [1.82, 2.24) is 10.1 Å². The number of hydrogen-bond acceptors (Lipinski definition) is 4. The average molecular weight is 413 g/mol. The number of rotatable bonds is 3. The van der Waals surface area contributed by atoms with E-state index >= 15 is 0 Å². The molecule has 0 fully saturated rings. The van der Waals surface area contributed by atoms with Crippen LogP contribution in [-0.4, -0.2) is 16.1 Å². The molecule has 1 heterocycles. The highest BCUT2D eigenvalue weighted by Crippen LogP contribution is 2.27. The molecule has 3 N–H and O–H groups in total. The maximum Gasteiger partial charge on any atom is 0.248 e. The lowest BCUT2D eigenvalue weighted by molar-refractivity contribution is 0.376. The van der Waals surface area contributed by atoms with Crippen molar-refractivity contribution in [2.75, 3.05) is 5.32 Å². The number of guanidine groups is 1. The van der Waals surface area contributed by atoms with E-state index in [9.17, 15) is 0 Å². The van der Waals surface area contributed by atoms with Gasteiger partial charge in [-0.3, -0.25) is 0 Å². The van der Waals surface area contributed by atoms with Crippen molar-refractivity contribution in [2.45, 2.75) is 39.2 Å². The summed E-state index contributed by atoms with van der Waals surface area (Å²) in [4.78, 5) is 8.33. The molecule has 1 aliphatic rings. The summed E-state index contributed by atoms with van der Waals surface area (Å²) in [6.07, 6.45) is 4.72. The van der Waals surface area contributed by atoms with Gasteiger partial charge in [0.1, 0.15) is 6.54 Å². The Bertz CT molecular complexity index is 668. The van der Waals surface area contributed by atoms with Crippen LogP contribution in [-0.2, 0) is 19.4 Å². The zero-order chi connectivity index (χ0) is 14.7. The largest absolute Gasteiger partial charge is 0.370 e. The lowest BCUT2D eigenvalue weighted by Gasteiger charge is -2.19. The summed E-state index contributed by atoms with van der Waals surface area (Å²) in [5.41, 5.74) is 9.76. The van der Waals surface area contributed by atoms with Gasteiger partial charge >= 0.3 is 0 Å². The minimum absolute atomic E-state index is 0. The van der Waals surface area contributed by atoms with E-state index in [-0.39, 0.29) is 30.5 Å². The number of aliphatic imine (C=N–C) groups is 1. The van der Waals surface area contributed by atoms with Crippen molar-refractivity contribution in [2.24, 2.45) is 10.7 Å². The van der Waals surface area contributed by atoms with Gasteiger partial charge in [-0.15, -0.1) is 24.0 Å². The van der Waals surface area contributed by atoms with Gasteiger partial charge in [-0.05, 0) is 49.8 Å². The van der Waals surface area contributed by atoms with Gasteiger partial charge in [-0.25, -0.2) is 4.99 Å². The molecule has 0 radical (unpaired) electrons. The van der Waals surface area contributed by atoms with Crippen LogP contribution in [0.1, 0.15) is 35.7 Å². The van der Waals surface area contributed by atoms with Gasteiger partial charge in [0.05, 0.1) is 0 Å². The van der Waals surface area contributed by atoms with Crippen LogP contribution in [0.2, 0.25) is 0 Å². The molecule has 118 valence electrons. The fraction of sp³-hybridized carbons (Fsp3) is 0.400. The van der Waals surface area contributed by atoms with Crippen LogP contribution in [0, 0.1) is 6.92 Å². The topological polar surface area (TPSA) is 89.3 Å². The van der Waals surface area contributed by atoms with E-state index in [0.717, 1.165) is 18.5 Å². The second-order valence-corrected chi connectivity index (χ2v) is 5.21. The number of nitrogens with two attached hydrogens (primary N) is 1. The SMILES string of the molecule is Cc1noc(CN=C(N)Nc2cccc3c2CCCC3)n1.I. The normalized spacial score (nSPS) is 14.1. The molecule has 1 aliphatic carbocycles. The molecule has 0 saturated heterocycles. The molecule has 7 heteroatoms. The Balaban J connectivity index is 0.00000176. The van der Waals surface area contributed by atoms with Crippen molar-refractivity contribution < 1.29 is 4.52 Å². The van der Waals surface area contributed by atoms with Gasteiger partial charge in [0.2, 0.25) is 5.89 Å². The third kappa shape index (κ3) is 3.96. The first-order valence-corrected chi connectivity index (χ1v) is 7.19. The lowest BCUT2D eigenvalue weighted by atomic mass is 9.90. The molecule has 0 amide bonds. The standard InChI is InChI=1S/C15H19N5O.HI/c1-10-18-14(21-20-10)9-17-15(16)19-13-8-4-6-11-5-2-3-7-12(11)13;/h4,6,8H,2-3,5,7,9H2,1H3,(H3,16,17,19);1H. The molecule has 6 nitrogen and oxygen atoms in total. The van der Waals surface area contributed by atoms with Crippen molar-refractivity contribution in [1.29, 1.82) is 0 Å². The molecule has 0 spiro atoms.